The summed E-state index contributed by atoms with van der Waals surface area (Å²) in [5.74, 6) is -0.354. The van der Waals surface area contributed by atoms with E-state index in [1.165, 1.54) is 23.8 Å². The van der Waals surface area contributed by atoms with Crippen molar-refractivity contribution >= 4 is 33.2 Å². The summed E-state index contributed by atoms with van der Waals surface area (Å²) in [4.78, 5) is 8.62. The van der Waals surface area contributed by atoms with Crippen LogP contribution in [0, 0.1) is 12.7 Å². The van der Waals surface area contributed by atoms with Gasteiger partial charge in [-0.25, -0.2) is 9.37 Å². The molecule has 2 heterocycles. The molecule has 0 amide bonds. The average Bonchev–Trinajstić information content (AvgIpc) is 2.95. The topological polar surface area (TPSA) is 25.8 Å². The fraction of sp³-hybridized carbons (Fsp3) is 0.333. The molecule has 2 aromatic heterocycles. The summed E-state index contributed by atoms with van der Waals surface area (Å²) in [5, 5.41) is 0.962. The molecule has 0 N–H and O–H groups in total. The maximum absolute atomic E-state index is 13.8. The molecule has 0 spiro atoms. The third-order valence-corrected chi connectivity index (χ3v) is 4.17. The SMILES string of the molecule is CC.CCC.Cc1nccc2nc(-c3c(F)cccc3Cl)sc12. The Morgan fingerprint density at radius 2 is 1.83 bits per heavy atom. The second-order valence-electron chi connectivity index (χ2n) is 4.57. The molecule has 2 nitrogen and oxygen atoms in total. The number of hydrogen-bond donors (Lipinski definition) is 0. The smallest absolute Gasteiger partial charge is 0.134 e. The van der Waals surface area contributed by atoms with Crippen molar-refractivity contribution in [1.29, 1.82) is 0 Å². The first-order chi connectivity index (χ1) is 11.1. The van der Waals surface area contributed by atoms with E-state index in [-0.39, 0.29) is 5.82 Å². The zero-order chi connectivity index (χ0) is 17.4. The number of thiazole rings is 1. The van der Waals surface area contributed by atoms with Crippen molar-refractivity contribution in [3.05, 3.63) is 47.0 Å². The number of hydrogen-bond acceptors (Lipinski definition) is 3. The van der Waals surface area contributed by atoms with E-state index in [1.807, 2.05) is 26.8 Å². The molecular weight excluding hydrogens is 331 g/mol. The van der Waals surface area contributed by atoms with Crippen molar-refractivity contribution < 1.29 is 4.39 Å². The third kappa shape index (κ3) is 4.72. The number of halogens is 2. The molecule has 3 rings (SSSR count). The largest absolute Gasteiger partial charge is 0.260 e. The lowest BCUT2D eigenvalue weighted by molar-refractivity contribution is 0.631. The summed E-state index contributed by atoms with van der Waals surface area (Å²) < 4.78 is 14.8. The highest BCUT2D eigenvalue weighted by atomic mass is 35.5. The Hall–Kier alpha value is -1.52. The Labute approximate surface area is 146 Å². The summed E-state index contributed by atoms with van der Waals surface area (Å²) >= 11 is 7.45. The molecule has 0 fully saturated rings. The van der Waals surface area contributed by atoms with Gasteiger partial charge in [0, 0.05) is 6.20 Å². The van der Waals surface area contributed by atoms with Crippen molar-refractivity contribution in [3.8, 4) is 10.6 Å². The minimum Gasteiger partial charge on any atom is -0.260 e. The van der Waals surface area contributed by atoms with E-state index in [2.05, 4.69) is 23.8 Å². The molecule has 3 aromatic rings. The predicted octanol–water partition coefficient (Wildman–Crippen LogP) is 6.90. The van der Waals surface area contributed by atoms with Crippen molar-refractivity contribution in [2.24, 2.45) is 0 Å². The summed E-state index contributed by atoms with van der Waals surface area (Å²) in [6.45, 7) is 10.2. The van der Waals surface area contributed by atoms with Gasteiger partial charge in [0.25, 0.3) is 0 Å². The quantitative estimate of drug-likeness (QED) is 0.476. The van der Waals surface area contributed by atoms with Crippen LogP contribution in [0.3, 0.4) is 0 Å². The van der Waals surface area contributed by atoms with Gasteiger partial charge >= 0.3 is 0 Å². The summed E-state index contributed by atoms with van der Waals surface area (Å²) in [6.07, 6.45) is 2.95. The van der Waals surface area contributed by atoms with Crippen molar-refractivity contribution in [1.82, 2.24) is 9.97 Å². The second-order valence-corrected chi connectivity index (χ2v) is 5.97. The molecular formula is C18H22ClFN2S. The number of aromatic nitrogens is 2. The maximum Gasteiger partial charge on any atom is 0.134 e. The van der Waals surface area contributed by atoms with Gasteiger partial charge in [0.1, 0.15) is 10.8 Å². The lowest BCUT2D eigenvalue weighted by Gasteiger charge is -2.00. The standard InChI is InChI=1S/C13H8ClFN2S.C3H8.C2H6/c1-7-12-10(5-6-16-7)17-13(18-12)11-8(14)3-2-4-9(11)15;1-3-2;1-2/h2-6H,1H3;3H2,1-2H3;1-2H3. The lowest BCUT2D eigenvalue weighted by atomic mass is 10.2. The van der Waals surface area contributed by atoms with Crippen molar-refractivity contribution in [2.45, 2.75) is 41.0 Å². The first kappa shape index (κ1) is 19.5. The first-order valence-electron chi connectivity index (χ1n) is 7.75. The molecule has 0 radical (unpaired) electrons. The molecule has 0 aliphatic rings. The van der Waals surface area contributed by atoms with Gasteiger partial charge in [-0.15, -0.1) is 11.3 Å². The number of nitrogens with zero attached hydrogens (tertiary/aromatic N) is 2. The minimum absolute atomic E-state index is 0.354. The Morgan fingerprint density at radius 3 is 2.39 bits per heavy atom. The molecule has 0 atom stereocenters. The number of rotatable bonds is 1. The van der Waals surface area contributed by atoms with Gasteiger partial charge in [-0.1, -0.05) is 51.8 Å². The van der Waals surface area contributed by atoms with Gasteiger partial charge in [-0.05, 0) is 25.1 Å². The Bertz CT molecular complexity index is 736. The van der Waals surface area contributed by atoms with Crippen LogP contribution in [-0.2, 0) is 0 Å². The van der Waals surface area contributed by atoms with Crippen LogP contribution in [0.4, 0.5) is 4.39 Å². The van der Waals surface area contributed by atoms with Crippen molar-refractivity contribution in [3.63, 3.8) is 0 Å². The summed E-state index contributed by atoms with van der Waals surface area (Å²) in [5.41, 5.74) is 2.07. The molecule has 0 aliphatic heterocycles. The predicted molar refractivity (Wildman–Crippen MR) is 99.9 cm³/mol. The number of aryl methyl sites for hydroxylation is 1. The molecule has 23 heavy (non-hydrogen) atoms. The molecule has 0 unspecified atom stereocenters. The molecule has 0 aliphatic carbocycles. The van der Waals surface area contributed by atoms with Gasteiger partial charge in [0.2, 0.25) is 0 Å². The maximum atomic E-state index is 13.8. The molecule has 5 heteroatoms. The zero-order valence-corrected chi connectivity index (χ0v) is 15.7. The van der Waals surface area contributed by atoms with Gasteiger partial charge < -0.3 is 0 Å². The third-order valence-electron chi connectivity index (χ3n) is 2.66. The van der Waals surface area contributed by atoms with E-state index < -0.39 is 0 Å². The van der Waals surface area contributed by atoms with Crippen LogP contribution >= 0.6 is 22.9 Å². The molecule has 1 aromatic carbocycles. The van der Waals surface area contributed by atoms with Gasteiger partial charge in [-0.3, -0.25) is 4.98 Å². The van der Waals surface area contributed by atoms with Crippen LogP contribution in [0.1, 0.15) is 39.8 Å². The molecule has 124 valence electrons. The van der Waals surface area contributed by atoms with Gasteiger partial charge in [0.15, 0.2) is 0 Å². The number of benzene rings is 1. The normalized spacial score (nSPS) is 9.70. The van der Waals surface area contributed by atoms with E-state index in [4.69, 9.17) is 11.6 Å². The molecule has 0 saturated heterocycles. The summed E-state index contributed by atoms with van der Waals surface area (Å²) in [7, 11) is 0. The van der Waals surface area contributed by atoms with Crippen LogP contribution in [-0.4, -0.2) is 9.97 Å². The van der Waals surface area contributed by atoms with Crippen molar-refractivity contribution in [2.75, 3.05) is 0 Å². The fourth-order valence-electron chi connectivity index (χ4n) is 1.79. The van der Waals surface area contributed by atoms with Gasteiger partial charge in [-0.2, -0.15) is 0 Å². The van der Waals surface area contributed by atoms with E-state index in [9.17, 15) is 4.39 Å². The van der Waals surface area contributed by atoms with Crippen LogP contribution in [0.5, 0.6) is 0 Å². The average molecular weight is 353 g/mol. The Balaban J connectivity index is 0.000000477. The first-order valence-corrected chi connectivity index (χ1v) is 8.94. The molecule has 0 saturated carbocycles. The molecule has 0 bridgehead atoms. The van der Waals surface area contributed by atoms with Gasteiger partial charge in [0.05, 0.1) is 26.5 Å². The van der Waals surface area contributed by atoms with Crippen LogP contribution in [0.2, 0.25) is 5.02 Å². The van der Waals surface area contributed by atoms with E-state index in [0.717, 1.165) is 15.9 Å². The van der Waals surface area contributed by atoms with E-state index in [0.29, 0.717) is 15.6 Å². The highest BCUT2D eigenvalue weighted by Crippen LogP contribution is 2.36. The Kier molecular flexibility index (Phi) is 8.13. The fourth-order valence-corrected chi connectivity index (χ4v) is 3.17. The second kappa shape index (κ2) is 9.58. The van der Waals surface area contributed by atoms with E-state index in [1.54, 1.807) is 18.3 Å². The highest BCUT2D eigenvalue weighted by Gasteiger charge is 2.15. The number of fused-ring (bicyclic) bond motifs is 1. The lowest BCUT2D eigenvalue weighted by Crippen LogP contribution is -1.84. The van der Waals surface area contributed by atoms with Crippen LogP contribution in [0.15, 0.2) is 30.5 Å². The Morgan fingerprint density at radius 1 is 1.17 bits per heavy atom. The highest BCUT2D eigenvalue weighted by molar-refractivity contribution is 7.21. The zero-order valence-electron chi connectivity index (χ0n) is 14.2. The summed E-state index contributed by atoms with van der Waals surface area (Å²) in [6, 6.07) is 6.45. The van der Waals surface area contributed by atoms with Crippen LogP contribution < -0.4 is 0 Å². The van der Waals surface area contributed by atoms with E-state index >= 15 is 0 Å². The number of pyridine rings is 1. The minimum atomic E-state index is -0.354. The monoisotopic (exact) mass is 352 g/mol. The van der Waals surface area contributed by atoms with Crippen LogP contribution in [0.25, 0.3) is 20.8 Å².